The lowest BCUT2D eigenvalue weighted by Gasteiger charge is -2.36. The van der Waals surface area contributed by atoms with E-state index < -0.39 is 4.92 Å². The number of nitrogens with zero attached hydrogens (tertiary/aromatic N) is 2. The Morgan fingerprint density at radius 3 is 2.56 bits per heavy atom. The molecule has 0 radical (unpaired) electrons. The van der Waals surface area contributed by atoms with Crippen molar-refractivity contribution in [2.24, 2.45) is 0 Å². The fourth-order valence-corrected chi connectivity index (χ4v) is 3.35. The van der Waals surface area contributed by atoms with Gasteiger partial charge in [0.05, 0.1) is 4.92 Å². The standard InChI is InChI=1S/C20H22FN3O3/c21-17-5-1-15(2-6-17)13-19-14-22-10-12-23(19)11-9-20(25)16-3-7-18(8-4-16)24(26)27/h1-8,19,22H,9-14H2. The molecule has 3 rings (SSSR count). The van der Waals surface area contributed by atoms with E-state index in [-0.39, 0.29) is 23.3 Å². The first-order chi connectivity index (χ1) is 13.0. The Hall–Kier alpha value is -2.64. The number of carbonyl (C=O) groups excluding carboxylic acids is 1. The van der Waals surface area contributed by atoms with Crippen LogP contribution in [0, 0.1) is 15.9 Å². The highest BCUT2D eigenvalue weighted by atomic mass is 19.1. The fourth-order valence-electron chi connectivity index (χ4n) is 3.35. The van der Waals surface area contributed by atoms with Crippen molar-refractivity contribution >= 4 is 11.5 Å². The van der Waals surface area contributed by atoms with Crippen LogP contribution in [0.3, 0.4) is 0 Å². The van der Waals surface area contributed by atoms with Gasteiger partial charge in [-0.3, -0.25) is 19.8 Å². The van der Waals surface area contributed by atoms with Crippen molar-refractivity contribution in [2.75, 3.05) is 26.2 Å². The summed E-state index contributed by atoms with van der Waals surface area (Å²) in [6.07, 6.45) is 1.15. The highest BCUT2D eigenvalue weighted by Crippen LogP contribution is 2.16. The molecular weight excluding hydrogens is 349 g/mol. The number of ketones is 1. The van der Waals surface area contributed by atoms with Gasteiger partial charge in [0.2, 0.25) is 0 Å². The summed E-state index contributed by atoms with van der Waals surface area (Å²) >= 11 is 0. The Morgan fingerprint density at radius 1 is 1.19 bits per heavy atom. The van der Waals surface area contributed by atoms with Gasteiger partial charge in [-0.25, -0.2) is 4.39 Å². The molecule has 0 spiro atoms. The summed E-state index contributed by atoms with van der Waals surface area (Å²) in [5, 5.41) is 14.1. The minimum absolute atomic E-state index is 0.0204. The molecule has 0 aliphatic carbocycles. The number of nitro groups is 1. The second kappa shape index (κ2) is 8.83. The van der Waals surface area contributed by atoms with Crippen molar-refractivity contribution in [1.82, 2.24) is 10.2 Å². The van der Waals surface area contributed by atoms with Gasteiger partial charge in [-0.1, -0.05) is 12.1 Å². The molecule has 1 aliphatic heterocycles. The van der Waals surface area contributed by atoms with Gasteiger partial charge in [0.1, 0.15) is 5.82 Å². The molecule has 2 aromatic rings. The van der Waals surface area contributed by atoms with Crippen LogP contribution in [0.2, 0.25) is 0 Å². The number of benzene rings is 2. The Labute approximate surface area is 157 Å². The van der Waals surface area contributed by atoms with Gasteiger partial charge >= 0.3 is 0 Å². The summed E-state index contributed by atoms with van der Waals surface area (Å²) in [6.45, 7) is 3.16. The van der Waals surface area contributed by atoms with Crippen molar-refractivity contribution in [1.29, 1.82) is 0 Å². The van der Waals surface area contributed by atoms with Gasteiger partial charge in [0, 0.05) is 56.3 Å². The number of nitrogens with one attached hydrogen (secondary N) is 1. The summed E-state index contributed by atoms with van der Waals surface area (Å²) in [7, 11) is 0. The molecule has 1 N–H and O–H groups in total. The van der Waals surface area contributed by atoms with E-state index in [1.54, 1.807) is 12.1 Å². The number of piperazine rings is 1. The number of halogens is 1. The third-order valence-corrected chi connectivity index (χ3v) is 4.88. The lowest BCUT2D eigenvalue weighted by Crippen LogP contribution is -2.52. The van der Waals surface area contributed by atoms with Crippen LogP contribution in [0.5, 0.6) is 0 Å². The van der Waals surface area contributed by atoms with E-state index in [1.807, 2.05) is 0 Å². The SMILES string of the molecule is O=C(CCN1CCNCC1Cc1ccc(F)cc1)c1ccc([N+](=O)[O-])cc1. The average molecular weight is 371 g/mol. The number of rotatable bonds is 7. The smallest absolute Gasteiger partial charge is 0.269 e. The average Bonchev–Trinajstić information content (AvgIpc) is 2.69. The normalized spacial score (nSPS) is 17.6. The van der Waals surface area contributed by atoms with Crippen molar-refractivity contribution in [3.63, 3.8) is 0 Å². The third kappa shape index (κ3) is 5.18. The van der Waals surface area contributed by atoms with E-state index in [2.05, 4.69) is 10.2 Å². The summed E-state index contributed by atoms with van der Waals surface area (Å²) < 4.78 is 13.1. The molecule has 0 amide bonds. The Bertz CT molecular complexity index is 793. The third-order valence-electron chi connectivity index (χ3n) is 4.88. The molecule has 142 valence electrons. The van der Waals surface area contributed by atoms with Gasteiger partial charge < -0.3 is 5.32 Å². The van der Waals surface area contributed by atoms with Crippen LogP contribution in [-0.2, 0) is 6.42 Å². The first-order valence-corrected chi connectivity index (χ1v) is 9.00. The highest BCUT2D eigenvalue weighted by Gasteiger charge is 2.23. The van der Waals surface area contributed by atoms with E-state index in [9.17, 15) is 19.3 Å². The molecule has 1 heterocycles. The number of hydrogen-bond acceptors (Lipinski definition) is 5. The monoisotopic (exact) mass is 371 g/mol. The molecule has 1 aliphatic rings. The van der Waals surface area contributed by atoms with Crippen molar-refractivity contribution in [3.8, 4) is 0 Å². The van der Waals surface area contributed by atoms with Crippen LogP contribution in [0.15, 0.2) is 48.5 Å². The van der Waals surface area contributed by atoms with Gasteiger partial charge in [-0.05, 0) is 36.2 Å². The maximum Gasteiger partial charge on any atom is 0.269 e. The van der Waals surface area contributed by atoms with Gasteiger partial charge in [0.15, 0.2) is 5.78 Å². The van der Waals surface area contributed by atoms with Crippen LogP contribution in [0.25, 0.3) is 0 Å². The predicted molar refractivity (Wildman–Crippen MR) is 100 cm³/mol. The number of hydrogen-bond donors (Lipinski definition) is 1. The second-order valence-corrected chi connectivity index (χ2v) is 6.70. The van der Waals surface area contributed by atoms with Crippen LogP contribution >= 0.6 is 0 Å². The van der Waals surface area contributed by atoms with Crippen LogP contribution in [-0.4, -0.2) is 47.8 Å². The van der Waals surface area contributed by atoms with E-state index >= 15 is 0 Å². The van der Waals surface area contributed by atoms with E-state index in [0.717, 1.165) is 31.6 Å². The molecule has 27 heavy (non-hydrogen) atoms. The van der Waals surface area contributed by atoms with Crippen molar-refractivity contribution in [2.45, 2.75) is 18.9 Å². The predicted octanol–water partition coefficient (Wildman–Crippen LogP) is 2.82. The largest absolute Gasteiger partial charge is 0.314 e. The molecule has 1 fully saturated rings. The van der Waals surface area contributed by atoms with Gasteiger partial charge in [-0.2, -0.15) is 0 Å². The van der Waals surface area contributed by atoms with Crippen molar-refractivity contribution < 1.29 is 14.1 Å². The Kier molecular flexibility index (Phi) is 6.26. The molecule has 6 nitrogen and oxygen atoms in total. The zero-order valence-corrected chi connectivity index (χ0v) is 14.9. The van der Waals surface area contributed by atoms with Crippen LogP contribution in [0.4, 0.5) is 10.1 Å². The van der Waals surface area contributed by atoms with Gasteiger partial charge in [0.25, 0.3) is 5.69 Å². The molecule has 0 aromatic heterocycles. The molecule has 0 saturated carbocycles. The Morgan fingerprint density at radius 2 is 1.89 bits per heavy atom. The summed E-state index contributed by atoms with van der Waals surface area (Å²) in [6, 6.07) is 12.5. The first-order valence-electron chi connectivity index (χ1n) is 9.00. The van der Waals surface area contributed by atoms with E-state index in [1.165, 1.54) is 36.4 Å². The van der Waals surface area contributed by atoms with Crippen molar-refractivity contribution in [3.05, 3.63) is 75.6 Å². The summed E-state index contributed by atoms with van der Waals surface area (Å²) in [5.41, 5.74) is 1.54. The molecule has 1 atom stereocenters. The quantitative estimate of drug-likeness (QED) is 0.460. The minimum Gasteiger partial charge on any atom is -0.314 e. The van der Waals surface area contributed by atoms with E-state index in [4.69, 9.17) is 0 Å². The molecule has 0 bridgehead atoms. The molecular formula is C20H22FN3O3. The van der Waals surface area contributed by atoms with Crippen LogP contribution < -0.4 is 5.32 Å². The van der Waals surface area contributed by atoms with Crippen LogP contribution in [0.1, 0.15) is 22.3 Å². The zero-order chi connectivity index (χ0) is 19.2. The lowest BCUT2D eigenvalue weighted by molar-refractivity contribution is -0.384. The maximum atomic E-state index is 13.1. The number of non-ortho nitro benzene ring substituents is 1. The molecule has 1 saturated heterocycles. The summed E-state index contributed by atoms with van der Waals surface area (Å²) in [4.78, 5) is 24.9. The van der Waals surface area contributed by atoms with E-state index in [0.29, 0.717) is 18.5 Å². The molecule has 1 unspecified atom stereocenters. The number of nitro benzene ring substituents is 1. The highest BCUT2D eigenvalue weighted by molar-refractivity contribution is 5.96. The zero-order valence-electron chi connectivity index (χ0n) is 14.9. The molecule has 7 heteroatoms. The summed E-state index contributed by atoms with van der Waals surface area (Å²) in [5.74, 6) is -0.268. The maximum absolute atomic E-state index is 13.1. The second-order valence-electron chi connectivity index (χ2n) is 6.70. The Balaban J connectivity index is 1.58. The molecule has 2 aromatic carbocycles. The fraction of sp³-hybridized carbons (Fsp3) is 0.350. The first kappa shape index (κ1) is 19.1. The van der Waals surface area contributed by atoms with Gasteiger partial charge in [-0.15, -0.1) is 0 Å². The topological polar surface area (TPSA) is 75.5 Å². The number of carbonyl (C=O) groups is 1. The lowest BCUT2D eigenvalue weighted by atomic mass is 10.0. The minimum atomic E-state index is -0.477. The number of Topliss-reactive ketones (excluding diaryl/α,β-unsaturated/α-hetero) is 1.